The van der Waals surface area contributed by atoms with Crippen LogP contribution < -0.4 is 4.90 Å². The van der Waals surface area contributed by atoms with Crippen molar-refractivity contribution < 1.29 is 18.8 Å². The number of furan rings is 1. The van der Waals surface area contributed by atoms with Crippen LogP contribution >= 0.6 is 27.5 Å². The molecule has 0 radical (unpaired) electrons. The lowest BCUT2D eigenvalue weighted by atomic mass is 9.80. The van der Waals surface area contributed by atoms with Crippen LogP contribution in [0.5, 0.6) is 0 Å². The van der Waals surface area contributed by atoms with E-state index in [1.54, 1.807) is 36.4 Å². The van der Waals surface area contributed by atoms with Crippen molar-refractivity contribution in [1.82, 2.24) is 4.90 Å². The lowest BCUT2D eigenvalue weighted by molar-refractivity contribution is -0.126. The number of halogens is 2. The topological polar surface area (TPSA) is 70.8 Å². The average Bonchev–Trinajstić information content (AvgIpc) is 3.20. The molecule has 4 rings (SSSR count). The third-order valence-corrected chi connectivity index (χ3v) is 6.37. The average molecular weight is 466 g/mol. The van der Waals surface area contributed by atoms with Crippen LogP contribution in [0, 0.1) is 5.92 Å². The van der Waals surface area contributed by atoms with Gasteiger partial charge in [-0.1, -0.05) is 33.6 Å². The van der Waals surface area contributed by atoms with Gasteiger partial charge in [0.25, 0.3) is 0 Å². The fraction of sp³-hybridized carbons (Fsp3) is 0.350. The van der Waals surface area contributed by atoms with E-state index in [4.69, 9.17) is 16.0 Å². The summed E-state index contributed by atoms with van der Waals surface area (Å²) < 4.78 is 5.18. The fourth-order valence-corrected chi connectivity index (χ4v) is 4.83. The number of ketones is 1. The minimum Gasteiger partial charge on any atom is -0.461 e. The van der Waals surface area contributed by atoms with Crippen LogP contribution in [-0.2, 0) is 4.79 Å². The first-order valence-electron chi connectivity index (χ1n) is 9.06. The summed E-state index contributed by atoms with van der Waals surface area (Å²) in [5.74, 6) is -0.717. The summed E-state index contributed by atoms with van der Waals surface area (Å²) in [4.78, 5) is 42.0. The van der Waals surface area contributed by atoms with Gasteiger partial charge in [0.2, 0.25) is 11.7 Å². The van der Waals surface area contributed by atoms with Crippen molar-refractivity contribution in [3.05, 3.63) is 53.4 Å². The van der Waals surface area contributed by atoms with E-state index in [0.29, 0.717) is 23.6 Å². The summed E-state index contributed by atoms with van der Waals surface area (Å²) in [6.07, 6.45) is 3.53. The van der Waals surface area contributed by atoms with Crippen molar-refractivity contribution in [2.24, 2.45) is 5.92 Å². The molecule has 146 valence electrons. The summed E-state index contributed by atoms with van der Waals surface area (Å²) in [5, 5.41) is 0.431. The smallest absolute Gasteiger partial charge is 0.332 e. The molecule has 1 aliphatic heterocycles. The standard InChI is InChI=1S/C20H18BrClN2O4/c21-12-6-7-16-15(9-12)19(26)24(14-4-1-3-13(22)10-14)20(27)23(16)11-17(25)18-5-2-8-28-18/h1-5,8,10,12,15-16H,6-7,9,11H2. The molecular formula is C20H18BrClN2O4. The number of nitrogens with zero attached hydrogens (tertiary/aromatic N) is 2. The second-order valence-electron chi connectivity index (χ2n) is 7.05. The number of carbonyl (C=O) groups excluding carboxylic acids is 3. The van der Waals surface area contributed by atoms with Gasteiger partial charge in [0.05, 0.1) is 24.4 Å². The Morgan fingerprint density at radius 2 is 2.04 bits per heavy atom. The van der Waals surface area contributed by atoms with Crippen molar-refractivity contribution in [2.45, 2.75) is 30.1 Å². The van der Waals surface area contributed by atoms with Gasteiger partial charge in [-0.25, -0.2) is 9.69 Å². The lowest BCUT2D eigenvalue weighted by Gasteiger charge is -2.47. The molecule has 1 aliphatic carbocycles. The fourth-order valence-electron chi connectivity index (χ4n) is 3.98. The number of Topliss-reactive ketones (excluding diaryl/α,β-unsaturated/α-hetero) is 1. The summed E-state index contributed by atoms with van der Waals surface area (Å²) in [5.41, 5.74) is 0.410. The van der Waals surface area contributed by atoms with Crippen LogP contribution in [0.1, 0.15) is 29.8 Å². The summed E-state index contributed by atoms with van der Waals surface area (Å²) >= 11 is 9.68. The zero-order chi connectivity index (χ0) is 19.8. The van der Waals surface area contributed by atoms with Crippen LogP contribution in [-0.4, -0.2) is 40.0 Å². The number of imide groups is 1. The highest BCUT2D eigenvalue weighted by Gasteiger charge is 2.49. The van der Waals surface area contributed by atoms with Gasteiger partial charge in [-0.05, 0) is 49.6 Å². The van der Waals surface area contributed by atoms with Crippen LogP contribution in [0.2, 0.25) is 5.02 Å². The van der Waals surface area contributed by atoms with Gasteiger partial charge >= 0.3 is 6.03 Å². The van der Waals surface area contributed by atoms with Crippen LogP contribution in [0.25, 0.3) is 0 Å². The molecule has 3 amide bonds. The van der Waals surface area contributed by atoms with Crippen molar-refractivity contribution in [3.8, 4) is 0 Å². The van der Waals surface area contributed by atoms with Gasteiger partial charge in [-0.15, -0.1) is 0 Å². The van der Waals surface area contributed by atoms with Crippen LogP contribution in [0.15, 0.2) is 47.1 Å². The van der Waals surface area contributed by atoms with Crippen LogP contribution in [0.3, 0.4) is 0 Å². The number of carbonyl (C=O) groups is 3. The van der Waals surface area contributed by atoms with Crippen molar-refractivity contribution in [1.29, 1.82) is 0 Å². The number of hydrogen-bond acceptors (Lipinski definition) is 4. The molecule has 28 heavy (non-hydrogen) atoms. The Morgan fingerprint density at radius 3 is 2.75 bits per heavy atom. The third-order valence-electron chi connectivity index (χ3n) is 5.30. The number of anilines is 1. The van der Waals surface area contributed by atoms with E-state index in [1.165, 1.54) is 11.2 Å². The van der Waals surface area contributed by atoms with Crippen LogP contribution in [0.4, 0.5) is 10.5 Å². The Hall–Kier alpha value is -2.12. The third kappa shape index (κ3) is 3.49. The molecule has 6 nitrogen and oxygen atoms in total. The number of benzene rings is 1. The van der Waals surface area contributed by atoms with Gasteiger partial charge in [0.1, 0.15) is 0 Å². The minimum absolute atomic E-state index is 0.134. The first-order chi connectivity index (χ1) is 13.5. The molecule has 8 heteroatoms. The Labute approximate surface area is 175 Å². The maximum Gasteiger partial charge on any atom is 0.332 e. The molecule has 2 heterocycles. The molecule has 1 aromatic carbocycles. The van der Waals surface area contributed by atoms with Crippen molar-refractivity contribution in [3.63, 3.8) is 0 Å². The maximum atomic E-state index is 13.3. The zero-order valence-corrected chi connectivity index (χ0v) is 17.2. The van der Waals surface area contributed by atoms with E-state index in [2.05, 4.69) is 15.9 Å². The van der Waals surface area contributed by atoms with E-state index >= 15 is 0 Å². The molecule has 3 atom stereocenters. The number of amides is 3. The first kappa shape index (κ1) is 19.2. The molecule has 1 saturated heterocycles. The second-order valence-corrected chi connectivity index (χ2v) is 8.78. The van der Waals surface area contributed by atoms with Crippen molar-refractivity contribution in [2.75, 3.05) is 11.4 Å². The largest absolute Gasteiger partial charge is 0.461 e. The second kappa shape index (κ2) is 7.72. The summed E-state index contributed by atoms with van der Waals surface area (Å²) in [6, 6.07) is 9.03. The van der Waals surface area contributed by atoms with Gasteiger partial charge in [-0.3, -0.25) is 9.59 Å². The van der Waals surface area contributed by atoms with E-state index < -0.39 is 6.03 Å². The Kier molecular flexibility index (Phi) is 5.29. The molecule has 0 N–H and O–H groups in total. The van der Waals surface area contributed by atoms with Gasteiger partial charge in [0, 0.05) is 15.9 Å². The highest BCUT2D eigenvalue weighted by atomic mass is 79.9. The normalized spacial score (nSPS) is 25.0. The minimum atomic E-state index is -0.499. The quantitative estimate of drug-likeness (QED) is 0.492. The van der Waals surface area contributed by atoms with E-state index in [1.807, 2.05) is 0 Å². The number of alkyl halides is 1. The molecule has 0 bridgehead atoms. The summed E-state index contributed by atoms with van der Waals surface area (Å²) in [7, 11) is 0. The molecule has 2 fully saturated rings. The number of urea groups is 1. The lowest BCUT2D eigenvalue weighted by Crippen LogP contribution is -2.64. The summed E-state index contributed by atoms with van der Waals surface area (Å²) in [6.45, 7) is -0.134. The number of fused-ring (bicyclic) bond motifs is 1. The number of rotatable bonds is 4. The molecule has 3 unspecified atom stereocenters. The number of hydrogen-bond donors (Lipinski definition) is 0. The molecule has 2 aromatic rings. The highest BCUT2D eigenvalue weighted by molar-refractivity contribution is 9.09. The maximum absolute atomic E-state index is 13.3. The molecular weight excluding hydrogens is 448 g/mol. The predicted octanol–water partition coefficient (Wildman–Crippen LogP) is 4.52. The predicted molar refractivity (Wildman–Crippen MR) is 108 cm³/mol. The zero-order valence-electron chi connectivity index (χ0n) is 14.9. The molecule has 1 aromatic heterocycles. The van der Waals surface area contributed by atoms with Gasteiger partial charge in [0.15, 0.2) is 5.76 Å². The first-order valence-corrected chi connectivity index (χ1v) is 10.4. The van der Waals surface area contributed by atoms with E-state index in [0.717, 1.165) is 11.3 Å². The molecule has 0 spiro atoms. The molecule has 2 aliphatic rings. The monoisotopic (exact) mass is 464 g/mol. The Bertz CT molecular complexity index is 917. The Balaban J connectivity index is 1.69. The Morgan fingerprint density at radius 1 is 1.21 bits per heavy atom. The molecule has 1 saturated carbocycles. The van der Waals surface area contributed by atoms with Gasteiger partial charge < -0.3 is 9.32 Å². The highest BCUT2D eigenvalue weighted by Crippen LogP contribution is 2.39. The van der Waals surface area contributed by atoms with E-state index in [9.17, 15) is 14.4 Å². The van der Waals surface area contributed by atoms with Gasteiger partial charge in [-0.2, -0.15) is 0 Å². The van der Waals surface area contributed by atoms with E-state index in [-0.39, 0.29) is 40.8 Å². The van der Waals surface area contributed by atoms with Crippen molar-refractivity contribution >= 4 is 50.9 Å². The SMILES string of the molecule is O=C(CN1C(=O)N(c2cccc(Cl)c2)C(=O)C2CC(Br)CCC21)c1ccco1.